The third-order valence-corrected chi connectivity index (χ3v) is 6.27. The first-order chi connectivity index (χ1) is 9.92. The van der Waals surface area contributed by atoms with Gasteiger partial charge >= 0.3 is 0 Å². The van der Waals surface area contributed by atoms with Crippen molar-refractivity contribution < 1.29 is 13.5 Å². The third kappa shape index (κ3) is 4.25. The topological polar surface area (TPSA) is 60.9 Å². The lowest BCUT2D eigenvalue weighted by Gasteiger charge is -2.35. The maximum atomic E-state index is 12.3. The number of aromatic hydroxyl groups is 1. The molecule has 5 nitrogen and oxygen atoms in total. The van der Waals surface area contributed by atoms with Crippen LogP contribution in [0.4, 0.5) is 5.69 Å². The van der Waals surface area contributed by atoms with Crippen molar-refractivity contribution >= 4 is 27.3 Å². The maximum Gasteiger partial charge on any atom is 0.214 e. The number of benzene rings is 1. The second-order valence-corrected chi connectivity index (χ2v) is 7.76. The van der Waals surface area contributed by atoms with Crippen molar-refractivity contribution in [3.8, 4) is 5.75 Å². The number of phenolic OH excluding ortho intramolecular Hbond substituents is 1. The first-order valence-electron chi connectivity index (χ1n) is 7.00. The molecule has 1 saturated heterocycles. The molecule has 0 spiro atoms. The summed E-state index contributed by atoms with van der Waals surface area (Å²) in [5.74, 6) is 0.657. The lowest BCUT2D eigenvalue weighted by atomic mass is 10.2. The van der Waals surface area contributed by atoms with Gasteiger partial charge in [-0.05, 0) is 30.2 Å². The highest BCUT2D eigenvalue weighted by Crippen LogP contribution is 2.21. The Kier molecular flexibility index (Phi) is 5.35. The summed E-state index contributed by atoms with van der Waals surface area (Å²) in [6.45, 7) is 4.12. The van der Waals surface area contributed by atoms with E-state index in [9.17, 15) is 13.5 Å². The van der Waals surface area contributed by atoms with Crippen molar-refractivity contribution in [2.45, 2.75) is 6.92 Å². The second kappa shape index (κ2) is 6.85. The Labute approximate surface area is 131 Å². The molecule has 0 bridgehead atoms. The zero-order valence-electron chi connectivity index (χ0n) is 12.1. The van der Waals surface area contributed by atoms with Crippen LogP contribution < -0.4 is 4.90 Å². The molecule has 1 aromatic carbocycles. The Morgan fingerprint density at radius 2 is 1.76 bits per heavy atom. The summed E-state index contributed by atoms with van der Waals surface area (Å²) < 4.78 is 26.1. The number of rotatable bonds is 5. The number of hydrogen-bond donors (Lipinski definition) is 1. The summed E-state index contributed by atoms with van der Waals surface area (Å²) in [5.41, 5.74) is 0.999. The predicted octanol–water partition coefficient (Wildman–Crippen LogP) is 1.72. The molecule has 1 aliphatic heterocycles. The number of halogens is 1. The molecule has 0 radical (unpaired) electrons. The van der Waals surface area contributed by atoms with E-state index < -0.39 is 10.0 Å². The Balaban J connectivity index is 1.95. The van der Waals surface area contributed by atoms with Gasteiger partial charge < -0.3 is 10.0 Å². The van der Waals surface area contributed by atoms with E-state index in [1.54, 1.807) is 16.4 Å². The number of hydrogen-bond acceptors (Lipinski definition) is 4. The molecule has 1 N–H and O–H groups in total. The Bertz CT molecular complexity index is 554. The zero-order chi connectivity index (χ0) is 15.5. The maximum absolute atomic E-state index is 12.3. The highest BCUT2D eigenvalue weighted by molar-refractivity contribution is 7.89. The molecule has 2 rings (SSSR count). The third-order valence-electron chi connectivity index (χ3n) is 3.61. The van der Waals surface area contributed by atoms with E-state index in [2.05, 4.69) is 4.90 Å². The molecule has 7 heteroatoms. The lowest BCUT2D eigenvalue weighted by Crippen LogP contribution is -2.49. The van der Waals surface area contributed by atoms with Crippen LogP contribution in [0.15, 0.2) is 24.3 Å². The van der Waals surface area contributed by atoms with E-state index >= 15 is 0 Å². The number of sulfonamides is 1. The zero-order valence-corrected chi connectivity index (χ0v) is 13.6. The van der Waals surface area contributed by atoms with Crippen LogP contribution in [-0.4, -0.2) is 55.6 Å². The fourth-order valence-electron chi connectivity index (χ4n) is 2.40. The Morgan fingerprint density at radius 1 is 1.19 bits per heavy atom. The molecule has 1 heterocycles. The van der Waals surface area contributed by atoms with Gasteiger partial charge in [0.05, 0.1) is 5.75 Å². The number of alkyl halides is 1. The van der Waals surface area contributed by atoms with Crippen molar-refractivity contribution in [1.82, 2.24) is 4.31 Å². The van der Waals surface area contributed by atoms with Gasteiger partial charge in [0.15, 0.2) is 0 Å². The first-order valence-corrected chi connectivity index (χ1v) is 9.14. The van der Waals surface area contributed by atoms with Gasteiger partial charge in [0.2, 0.25) is 10.0 Å². The molecule has 1 atom stereocenters. The smallest absolute Gasteiger partial charge is 0.214 e. The highest BCUT2D eigenvalue weighted by atomic mass is 35.5. The van der Waals surface area contributed by atoms with Gasteiger partial charge in [-0.1, -0.05) is 6.92 Å². The van der Waals surface area contributed by atoms with Crippen LogP contribution in [0.5, 0.6) is 5.75 Å². The van der Waals surface area contributed by atoms with E-state index in [1.807, 2.05) is 19.1 Å². The molecule has 0 saturated carbocycles. The highest BCUT2D eigenvalue weighted by Gasteiger charge is 2.28. The summed E-state index contributed by atoms with van der Waals surface area (Å²) in [6.07, 6.45) is 0. The van der Waals surface area contributed by atoms with Gasteiger partial charge in [0.1, 0.15) is 5.75 Å². The van der Waals surface area contributed by atoms with Crippen LogP contribution in [0.2, 0.25) is 0 Å². The minimum absolute atomic E-state index is 0.0354. The van der Waals surface area contributed by atoms with Gasteiger partial charge in [0.25, 0.3) is 0 Å². The predicted molar refractivity (Wildman–Crippen MR) is 85.6 cm³/mol. The average Bonchev–Trinajstić information content (AvgIpc) is 2.47. The minimum Gasteiger partial charge on any atom is -0.508 e. The molecule has 1 fully saturated rings. The molecular weight excluding hydrogens is 312 g/mol. The van der Waals surface area contributed by atoms with Crippen LogP contribution in [0.25, 0.3) is 0 Å². The average molecular weight is 333 g/mol. The van der Waals surface area contributed by atoms with Crippen LogP contribution in [0.3, 0.4) is 0 Å². The summed E-state index contributed by atoms with van der Waals surface area (Å²) in [7, 11) is -3.22. The molecule has 21 heavy (non-hydrogen) atoms. The molecular formula is C14H21ClN2O3S. The number of nitrogens with zero attached hydrogens (tertiary/aromatic N) is 2. The van der Waals surface area contributed by atoms with E-state index in [1.165, 1.54) is 0 Å². The summed E-state index contributed by atoms with van der Waals surface area (Å²) in [6, 6.07) is 6.96. The summed E-state index contributed by atoms with van der Waals surface area (Å²) in [5, 5.41) is 9.29. The lowest BCUT2D eigenvalue weighted by molar-refractivity contribution is 0.382. The molecule has 1 aromatic rings. The van der Waals surface area contributed by atoms with E-state index in [4.69, 9.17) is 11.6 Å². The fourth-order valence-corrected chi connectivity index (χ4v) is 4.40. The van der Waals surface area contributed by atoms with E-state index in [0.29, 0.717) is 32.1 Å². The first kappa shape index (κ1) is 16.4. The van der Waals surface area contributed by atoms with Crippen molar-refractivity contribution in [2.24, 2.45) is 5.92 Å². The monoisotopic (exact) mass is 332 g/mol. The molecule has 1 unspecified atom stereocenters. The van der Waals surface area contributed by atoms with Crippen molar-refractivity contribution in [3.05, 3.63) is 24.3 Å². The molecule has 0 amide bonds. The number of phenols is 1. The van der Waals surface area contributed by atoms with Gasteiger partial charge in [-0.2, -0.15) is 4.31 Å². The minimum atomic E-state index is -3.22. The van der Waals surface area contributed by atoms with Crippen molar-refractivity contribution in [2.75, 3.05) is 42.7 Å². The van der Waals surface area contributed by atoms with Crippen LogP contribution >= 0.6 is 11.6 Å². The van der Waals surface area contributed by atoms with Gasteiger partial charge in [-0.3, -0.25) is 0 Å². The number of piperazine rings is 1. The van der Waals surface area contributed by atoms with Crippen LogP contribution in [-0.2, 0) is 10.0 Å². The van der Waals surface area contributed by atoms with Crippen LogP contribution in [0.1, 0.15) is 6.92 Å². The van der Waals surface area contributed by atoms with Crippen LogP contribution in [0, 0.1) is 5.92 Å². The quantitative estimate of drug-likeness (QED) is 0.834. The van der Waals surface area contributed by atoms with Crippen molar-refractivity contribution in [1.29, 1.82) is 0 Å². The van der Waals surface area contributed by atoms with Gasteiger partial charge in [-0.15, -0.1) is 11.6 Å². The Hall–Kier alpha value is -0.980. The van der Waals surface area contributed by atoms with Gasteiger partial charge in [0, 0.05) is 37.7 Å². The molecule has 118 valence electrons. The van der Waals surface area contributed by atoms with E-state index in [-0.39, 0.29) is 17.4 Å². The standard InChI is InChI=1S/C14H21ClN2O3S/c1-12(10-15)11-21(19,20)17-8-6-16(7-9-17)13-2-4-14(18)5-3-13/h2-5,12,18H,6-11H2,1H3. The normalized spacial score (nSPS) is 18.7. The molecule has 0 aliphatic carbocycles. The fraction of sp³-hybridized carbons (Fsp3) is 0.571. The number of anilines is 1. The largest absolute Gasteiger partial charge is 0.508 e. The molecule has 1 aliphatic rings. The van der Waals surface area contributed by atoms with Crippen molar-refractivity contribution in [3.63, 3.8) is 0 Å². The van der Waals surface area contributed by atoms with Gasteiger partial charge in [-0.25, -0.2) is 8.42 Å². The SMILES string of the molecule is CC(CCl)CS(=O)(=O)N1CCN(c2ccc(O)cc2)CC1. The van der Waals surface area contributed by atoms with E-state index in [0.717, 1.165) is 5.69 Å². The molecule has 0 aromatic heterocycles. The second-order valence-electron chi connectivity index (χ2n) is 5.44. The Morgan fingerprint density at radius 3 is 2.29 bits per heavy atom. The summed E-state index contributed by atoms with van der Waals surface area (Å²) >= 11 is 5.70. The summed E-state index contributed by atoms with van der Waals surface area (Å²) in [4.78, 5) is 2.12.